The Labute approximate surface area is 205 Å². The summed E-state index contributed by atoms with van der Waals surface area (Å²) in [6.45, 7) is 0.395. The maximum atomic E-state index is 6.20. The third-order valence-electron chi connectivity index (χ3n) is 6.89. The summed E-state index contributed by atoms with van der Waals surface area (Å²) in [6.07, 6.45) is 1.58. The molecule has 6 rings (SSSR count). The predicted octanol–water partition coefficient (Wildman–Crippen LogP) is 6.84. The number of ether oxygens (including phenoxy) is 4. The third kappa shape index (κ3) is 3.75. The first-order chi connectivity index (χ1) is 17.3. The van der Waals surface area contributed by atoms with Crippen molar-refractivity contribution in [2.24, 2.45) is 0 Å². The Bertz CT molecular complexity index is 1410. The van der Waals surface area contributed by atoms with Crippen molar-refractivity contribution in [1.29, 1.82) is 0 Å². The number of rotatable bonds is 6. The Kier molecular flexibility index (Phi) is 5.69. The summed E-state index contributed by atoms with van der Waals surface area (Å²) in [5, 5.41) is 4.69. The average Bonchev–Trinajstić information content (AvgIpc) is 3.31. The monoisotopic (exact) mass is 463 g/mol. The van der Waals surface area contributed by atoms with Gasteiger partial charge in [0.2, 0.25) is 0 Å². The van der Waals surface area contributed by atoms with Gasteiger partial charge in [0.1, 0.15) is 11.5 Å². The molecule has 1 aliphatic rings. The molecule has 0 N–H and O–H groups in total. The minimum atomic E-state index is 0.198. The average molecular weight is 464 g/mol. The van der Waals surface area contributed by atoms with Gasteiger partial charge in [-0.25, -0.2) is 6.07 Å². The topological polar surface area (TPSA) is 36.9 Å². The molecule has 1 aliphatic carbocycles. The minimum Gasteiger partial charge on any atom is -0.467 e. The van der Waals surface area contributed by atoms with Crippen molar-refractivity contribution in [1.82, 2.24) is 0 Å². The van der Waals surface area contributed by atoms with Gasteiger partial charge in [0.05, 0.1) is 0 Å². The van der Waals surface area contributed by atoms with Crippen LogP contribution in [0.1, 0.15) is 22.3 Å². The summed E-state index contributed by atoms with van der Waals surface area (Å²) >= 11 is 0. The molecule has 4 nitrogen and oxygen atoms in total. The van der Waals surface area contributed by atoms with Crippen LogP contribution in [0.3, 0.4) is 0 Å². The Balaban J connectivity index is 1.79. The zero-order valence-electron chi connectivity index (χ0n) is 20.0. The van der Waals surface area contributed by atoms with E-state index in [1.807, 2.05) is 0 Å². The smallest absolute Gasteiger partial charge is 0.188 e. The quantitative estimate of drug-likeness (QED) is 0.200. The molecule has 0 unspecified atom stereocenters. The molecule has 0 aliphatic heterocycles. The van der Waals surface area contributed by atoms with Crippen LogP contribution >= 0.6 is 0 Å². The van der Waals surface area contributed by atoms with Crippen LogP contribution in [-0.2, 0) is 22.3 Å². The van der Waals surface area contributed by atoms with Gasteiger partial charge in [-0.1, -0.05) is 55.0 Å². The molecule has 0 radical (unpaired) electrons. The lowest BCUT2D eigenvalue weighted by Crippen LogP contribution is -2.10. The fourth-order valence-corrected chi connectivity index (χ4v) is 5.37. The van der Waals surface area contributed by atoms with Gasteiger partial charge < -0.3 is 18.9 Å². The van der Waals surface area contributed by atoms with E-state index in [0.717, 1.165) is 35.1 Å². The molecule has 4 heteroatoms. The molecule has 0 aromatic heterocycles. The molecule has 0 atom stereocenters. The van der Waals surface area contributed by atoms with Crippen molar-refractivity contribution in [2.75, 3.05) is 27.8 Å². The first kappa shape index (κ1) is 21.8. The lowest BCUT2D eigenvalue weighted by molar-refractivity contribution is 0.0503. The van der Waals surface area contributed by atoms with Gasteiger partial charge in [0, 0.05) is 19.8 Å². The predicted molar refractivity (Wildman–Crippen MR) is 140 cm³/mol. The maximum Gasteiger partial charge on any atom is 0.188 e. The zero-order chi connectivity index (χ0) is 23.8. The van der Waals surface area contributed by atoms with E-state index in [1.54, 1.807) is 14.2 Å². The molecule has 5 aromatic rings. The zero-order valence-corrected chi connectivity index (χ0v) is 20.0. The molecule has 5 aromatic carbocycles. The molecule has 0 bridgehead atoms. The summed E-state index contributed by atoms with van der Waals surface area (Å²) < 4.78 is 23.0. The van der Waals surface area contributed by atoms with Gasteiger partial charge in [-0.05, 0) is 56.8 Å². The highest BCUT2D eigenvalue weighted by Crippen LogP contribution is 2.48. The number of methoxy groups -OCH3 is 2. The van der Waals surface area contributed by atoms with Gasteiger partial charge in [-0.2, -0.15) is 23.3 Å². The Hall–Kier alpha value is -3.73. The molecule has 0 amide bonds. The van der Waals surface area contributed by atoms with Crippen molar-refractivity contribution in [3.8, 4) is 22.6 Å². The van der Waals surface area contributed by atoms with Gasteiger partial charge in [-0.15, -0.1) is 0 Å². The summed E-state index contributed by atoms with van der Waals surface area (Å²) in [5.74, 6) is 1.71. The van der Waals surface area contributed by atoms with E-state index in [-0.39, 0.29) is 13.6 Å². The third-order valence-corrected chi connectivity index (χ3v) is 6.89. The second-order valence-corrected chi connectivity index (χ2v) is 8.93. The molecule has 0 spiro atoms. The van der Waals surface area contributed by atoms with Gasteiger partial charge in [0.15, 0.2) is 13.6 Å². The van der Waals surface area contributed by atoms with Crippen molar-refractivity contribution >= 4 is 21.5 Å². The van der Waals surface area contributed by atoms with E-state index < -0.39 is 0 Å². The molecule has 0 saturated heterocycles. The normalized spacial score (nSPS) is 12.5. The largest absolute Gasteiger partial charge is 0.467 e. The van der Waals surface area contributed by atoms with Crippen LogP contribution in [0.2, 0.25) is 0 Å². The molecular formula is C31H27O4-. The lowest BCUT2D eigenvalue weighted by Gasteiger charge is -2.28. The highest BCUT2D eigenvalue weighted by atomic mass is 16.7. The van der Waals surface area contributed by atoms with Crippen LogP contribution in [0, 0.1) is 0 Å². The van der Waals surface area contributed by atoms with Crippen molar-refractivity contribution in [3.63, 3.8) is 0 Å². The highest BCUT2D eigenvalue weighted by Gasteiger charge is 2.25. The molecule has 176 valence electrons. The van der Waals surface area contributed by atoms with E-state index in [0.29, 0.717) is 0 Å². The molecule has 0 heterocycles. The van der Waals surface area contributed by atoms with E-state index in [4.69, 9.17) is 18.9 Å². The molecule has 35 heavy (non-hydrogen) atoms. The SMILES string of the molecule is COCOc1cc2ccccc2c2c1Cc1cc[cH-]c1Cc1c(OCOC)cc3ccccc3c1-2. The van der Waals surface area contributed by atoms with Crippen molar-refractivity contribution in [3.05, 3.63) is 101 Å². The molecular weight excluding hydrogens is 436 g/mol. The summed E-state index contributed by atoms with van der Waals surface area (Å²) in [6, 6.07) is 27.9. The Morgan fingerprint density at radius 2 is 1.23 bits per heavy atom. The van der Waals surface area contributed by atoms with Crippen LogP contribution in [0.25, 0.3) is 32.7 Å². The summed E-state index contributed by atoms with van der Waals surface area (Å²) in [4.78, 5) is 0. The first-order valence-corrected chi connectivity index (χ1v) is 11.8. The van der Waals surface area contributed by atoms with Gasteiger partial charge in [0.25, 0.3) is 0 Å². The standard InChI is InChI=1S/C31H27O4/c1-32-18-34-28-16-22-8-3-5-12-24(22)30-26(28)14-20-10-7-11-21(20)15-27-29(35-19-33-2)17-23-9-4-6-13-25(23)31(27)30/h3-13,16-17H,14-15,18-19H2,1-2H3/q-1. The van der Waals surface area contributed by atoms with E-state index in [9.17, 15) is 0 Å². The summed E-state index contributed by atoms with van der Waals surface area (Å²) in [7, 11) is 3.31. The lowest BCUT2D eigenvalue weighted by atomic mass is 9.80. The number of benzene rings is 4. The van der Waals surface area contributed by atoms with Crippen LogP contribution in [-0.4, -0.2) is 27.8 Å². The molecule has 0 fully saturated rings. The number of fused-ring (bicyclic) bond motifs is 8. The molecule has 0 saturated carbocycles. The first-order valence-electron chi connectivity index (χ1n) is 11.8. The van der Waals surface area contributed by atoms with Gasteiger partial charge >= 0.3 is 0 Å². The van der Waals surface area contributed by atoms with E-state index >= 15 is 0 Å². The van der Waals surface area contributed by atoms with Crippen LogP contribution in [0.15, 0.2) is 78.9 Å². The second-order valence-electron chi connectivity index (χ2n) is 8.93. The maximum absolute atomic E-state index is 6.20. The second kappa shape index (κ2) is 9.14. The van der Waals surface area contributed by atoms with Crippen LogP contribution in [0.5, 0.6) is 11.5 Å². The Morgan fingerprint density at radius 3 is 1.80 bits per heavy atom. The van der Waals surface area contributed by atoms with Crippen molar-refractivity contribution in [2.45, 2.75) is 12.8 Å². The fourth-order valence-electron chi connectivity index (χ4n) is 5.37. The highest BCUT2D eigenvalue weighted by molar-refractivity contribution is 6.10. The van der Waals surface area contributed by atoms with Crippen LogP contribution < -0.4 is 9.47 Å². The fraction of sp³-hybridized carbons (Fsp3) is 0.194. The van der Waals surface area contributed by atoms with Crippen molar-refractivity contribution < 1.29 is 18.9 Å². The Morgan fingerprint density at radius 1 is 0.686 bits per heavy atom. The number of hydrogen-bond acceptors (Lipinski definition) is 4. The van der Waals surface area contributed by atoms with E-state index in [2.05, 4.69) is 78.9 Å². The van der Waals surface area contributed by atoms with Crippen LogP contribution in [0.4, 0.5) is 0 Å². The summed E-state index contributed by atoms with van der Waals surface area (Å²) in [5.41, 5.74) is 7.36. The van der Waals surface area contributed by atoms with Gasteiger partial charge in [-0.3, -0.25) is 0 Å². The number of hydrogen-bond donors (Lipinski definition) is 0. The van der Waals surface area contributed by atoms with E-state index in [1.165, 1.54) is 44.2 Å². The minimum absolute atomic E-state index is 0.198.